The number of aromatic nitrogens is 2. The van der Waals surface area contributed by atoms with Gasteiger partial charge in [0.15, 0.2) is 5.78 Å². The molecule has 0 spiro atoms. The van der Waals surface area contributed by atoms with E-state index in [1.165, 1.54) is 0 Å². The lowest BCUT2D eigenvalue weighted by Crippen LogP contribution is -2.11. The molecule has 0 aliphatic rings. The molecule has 2 rings (SSSR count). The van der Waals surface area contributed by atoms with Crippen molar-refractivity contribution in [3.63, 3.8) is 0 Å². The fourth-order valence-corrected chi connectivity index (χ4v) is 1.80. The molecule has 0 saturated carbocycles. The van der Waals surface area contributed by atoms with Gasteiger partial charge in [-0.15, -0.1) is 0 Å². The highest BCUT2D eigenvalue weighted by molar-refractivity contribution is 5.82. The molecule has 0 aliphatic carbocycles. The van der Waals surface area contributed by atoms with E-state index in [4.69, 9.17) is 5.26 Å². The lowest BCUT2D eigenvalue weighted by atomic mass is 10.3. The Hall–Kier alpha value is -2.15. The summed E-state index contributed by atoms with van der Waals surface area (Å²) in [5.74, 6) is 0.808. The number of imidazole rings is 1. The van der Waals surface area contributed by atoms with Crippen molar-refractivity contribution in [2.24, 2.45) is 0 Å². The number of ketones is 1. The van der Waals surface area contributed by atoms with E-state index in [1.807, 2.05) is 35.8 Å². The number of nitrogens with zero attached hydrogens (tertiary/aromatic N) is 3. The molecular formula is C13H13N3O. The lowest BCUT2D eigenvalue weighted by Gasteiger charge is -2.05. The van der Waals surface area contributed by atoms with Crippen molar-refractivity contribution >= 4 is 16.8 Å². The second-order valence-corrected chi connectivity index (χ2v) is 3.83. The SMILES string of the molecule is CCC(=O)Cn1c(CC#N)nc2ccccc21. The molecular weight excluding hydrogens is 214 g/mol. The van der Waals surface area contributed by atoms with Gasteiger partial charge in [0, 0.05) is 6.42 Å². The number of hydrogen-bond donors (Lipinski definition) is 0. The van der Waals surface area contributed by atoms with Crippen LogP contribution >= 0.6 is 0 Å². The summed E-state index contributed by atoms with van der Waals surface area (Å²) in [5, 5.41) is 8.77. The number of rotatable bonds is 4. The summed E-state index contributed by atoms with van der Waals surface area (Å²) in [5.41, 5.74) is 1.75. The summed E-state index contributed by atoms with van der Waals surface area (Å²) >= 11 is 0. The summed E-state index contributed by atoms with van der Waals surface area (Å²) in [7, 11) is 0. The van der Waals surface area contributed by atoms with Crippen LogP contribution in [0.2, 0.25) is 0 Å². The van der Waals surface area contributed by atoms with Gasteiger partial charge in [0.2, 0.25) is 0 Å². The van der Waals surface area contributed by atoms with Gasteiger partial charge in [-0.2, -0.15) is 5.26 Å². The van der Waals surface area contributed by atoms with Crippen LogP contribution in [0.1, 0.15) is 19.2 Å². The van der Waals surface area contributed by atoms with Gasteiger partial charge in [-0.05, 0) is 12.1 Å². The van der Waals surface area contributed by atoms with Gasteiger partial charge >= 0.3 is 0 Å². The maximum atomic E-state index is 11.5. The number of Topliss-reactive ketones (excluding diaryl/α,β-unsaturated/α-hetero) is 1. The van der Waals surface area contributed by atoms with Gasteiger partial charge < -0.3 is 4.57 Å². The largest absolute Gasteiger partial charge is 0.320 e. The molecule has 0 atom stereocenters. The van der Waals surface area contributed by atoms with E-state index in [2.05, 4.69) is 11.1 Å². The Balaban J connectivity index is 2.52. The molecule has 0 radical (unpaired) electrons. The van der Waals surface area contributed by atoms with Crippen LogP contribution in [0.25, 0.3) is 11.0 Å². The molecule has 0 fully saturated rings. The van der Waals surface area contributed by atoms with Crippen LogP contribution in [0, 0.1) is 11.3 Å². The van der Waals surface area contributed by atoms with Crippen LogP contribution in [-0.4, -0.2) is 15.3 Å². The Morgan fingerprint density at radius 2 is 2.24 bits per heavy atom. The normalized spacial score (nSPS) is 10.4. The predicted molar refractivity (Wildman–Crippen MR) is 64.3 cm³/mol. The highest BCUT2D eigenvalue weighted by atomic mass is 16.1. The first-order valence-electron chi connectivity index (χ1n) is 5.59. The first-order valence-corrected chi connectivity index (χ1v) is 5.59. The molecule has 0 bridgehead atoms. The van der Waals surface area contributed by atoms with E-state index in [1.54, 1.807) is 0 Å². The van der Waals surface area contributed by atoms with Crippen LogP contribution < -0.4 is 0 Å². The number of nitriles is 1. The van der Waals surface area contributed by atoms with Gasteiger partial charge in [0.25, 0.3) is 0 Å². The Bertz CT molecular complexity index is 592. The summed E-state index contributed by atoms with van der Waals surface area (Å²) in [6.45, 7) is 2.14. The second kappa shape index (κ2) is 4.79. The molecule has 1 heterocycles. The molecule has 0 aliphatic heterocycles. The Kier molecular flexibility index (Phi) is 3.20. The fraction of sp³-hybridized carbons (Fsp3) is 0.308. The van der Waals surface area contributed by atoms with E-state index < -0.39 is 0 Å². The van der Waals surface area contributed by atoms with E-state index in [-0.39, 0.29) is 12.2 Å². The molecule has 0 unspecified atom stereocenters. The van der Waals surface area contributed by atoms with Crippen molar-refractivity contribution in [1.29, 1.82) is 5.26 Å². The second-order valence-electron chi connectivity index (χ2n) is 3.83. The maximum absolute atomic E-state index is 11.5. The van der Waals surface area contributed by atoms with Crippen molar-refractivity contribution in [3.05, 3.63) is 30.1 Å². The minimum Gasteiger partial charge on any atom is -0.320 e. The molecule has 0 N–H and O–H groups in total. The van der Waals surface area contributed by atoms with Gasteiger partial charge in [0.05, 0.1) is 30.1 Å². The quantitative estimate of drug-likeness (QED) is 0.803. The standard InChI is InChI=1S/C13H13N3O/c1-2-10(17)9-16-12-6-4-3-5-11(12)15-13(16)7-8-14/h3-6H,2,7,9H2,1H3. The molecule has 0 amide bonds. The zero-order valence-corrected chi connectivity index (χ0v) is 9.68. The topological polar surface area (TPSA) is 58.7 Å². The molecule has 1 aromatic heterocycles. The van der Waals surface area contributed by atoms with Crippen LogP contribution in [0.5, 0.6) is 0 Å². The lowest BCUT2D eigenvalue weighted by molar-refractivity contribution is -0.119. The van der Waals surface area contributed by atoms with Crippen molar-refractivity contribution in [3.8, 4) is 6.07 Å². The van der Waals surface area contributed by atoms with Crippen molar-refractivity contribution < 1.29 is 4.79 Å². The third-order valence-electron chi connectivity index (χ3n) is 2.70. The molecule has 17 heavy (non-hydrogen) atoms. The number of hydrogen-bond acceptors (Lipinski definition) is 3. The molecule has 4 heteroatoms. The smallest absolute Gasteiger partial charge is 0.152 e. The fourth-order valence-electron chi connectivity index (χ4n) is 1.80. The Morgan fingerprint density at radius 1 is 1.47 bits per heavy atom. The third-order valence-corrected chi connectivity index (χ3v) is 2.70. The van der Waals surface area contributed by atoms with Gasteiger partial charge in [0.1, 0.15) is 5.82 Å². The number of carbonyl (C=O) groups is 1. The zero-order valence-electron chi connectivity index (χ0n) is 9.68. The van der Waals surface area contributed by atoms with Gasteiger partial charge in [-0.3, -0.25) is 4.79 Å². The van der Waals surface area contributed by atoms with Crippen molar-refractivity contribution in [2.45, 2.75) is 26.3 Å². The Morgan fingerprint density at radius 3 is 2.94 bits per heavy atom. The highest BCUT2D eigenvalue weighted by Crippen LogP contribution is 2.16. The van der Waals surface area contributed by atoms with E-state index in [0.717, 1.165) is 11.0 Å². The minimum atomic E-state index is 0.146. The number of carbonyl (C=O) groups excluding carboxylic acids is 1. The molecule has 4 nitrogen and oxygen atoms in total. The summed E-state index contributed by atoms with van der Waals surface area (Å²) in [4.78, 5) is 15.9. The summed E-state index contributed by atoms with van der Waals surface area (Å²) < 4.78 is 1.84. The predicted octanol–water partition coefficient (Wildman–Crippen LogP) is 2.08. The monoisotopic (exact) mass is 227 g/mol. The van der Waals surface area contributed by atoms with Gasteiger partial charge in [-0.25, -0.2) is 4.98 Å². The average molecular weight is 227 g/mol. The first kappa shape index (κ1) is 11.3. The summed E-state index contributed by atoms with van der Waals surface area (Å²) in [6.07, 6.45) is 0.726. The third kappa shape index (κ3) is 2.18. The van der Waals surface area contributed by atoms with E-state index in [9.17, 15) is 4.79 Å². The van der Waals surface area contributed by atoms with Crippen LogP contribution in [-0.2, 0) is 17.8 Å². The van der Waals surface area contributed by atoms with Crippen LogP contribution in [0.3, 0.4) is 0 Å². The number of para-hydroxylation sites is 2. The minimum absolute atomic E-state index is 0.146. The molecule has 1 aromatic carbocycles. The number of benzene rings is 1. The van der Waals surface area contributed by atoms with Crippen molar-refractivity contribution in [2.75, 3.05) is 0 Å². The molecule has 86 valence electrons. The van der Waals surface area contributed by atoms with E-state index >= 15 is 0 Å². The first-order chi connectivity index (χ1) is 8.26. The summed E-state index contributed by atoms with van der Waals surface area (Å²) in [6, 6.07) is 9.71. The average Bonchev–Trinajstić information content (AvgIpc) is 2.68. The maximum Gasteiger partial charge on any atom is 0.152 e. The Labute approximate surface area is 99.5 Å². The van der Waals surface area contributed by atoms with Gasteiger partial charge in [-0.1, -0.05) is 19.1 Å². The highest BCUT2D eigenvalue weighted by Gasteiger charge is 2.11. The van der Waals surface area contributed by atoms with Crippen LogP contribution in [0.15, 0.2) is 24.3 Å². The van der Waals surface area contributed by atoms with Crippen molar-refractivity contribution in [1.82, 2.24) is 9.55 Å². The molecule has 2 aromatic rings. The van der Waals surface area contributed by atoms with E-state index in [0.29, 0.717) is 18.8 Å². The molecule has 0 saturated heterocycles. The number of fused-ring (bicyclic) bond motifs is 1. The van der Waals surface area contributed by atoms with Crippen LogP contribution in [0.4, 0.5) is 0 Å². The zero-order chi connectivity index (χ0) is 12.3.